The van der Waals surface area contributed by atoms with Crippen LogP contribution in [0.5, 0.6) is 5.75 Å². The van der Waals surface area contributed by atoms with Gasteiger partial charge in [-0.15, -0.1) is 0 Å². The van der Waals surface area contributed by atoms with Gasteiger partial charge >= 0.3 is 0 Å². The van der Waals surface area contributed by atoms with Crippen LogP contribution >= 0.6 is 0 Å². The van der Waals surface area contributed by atoms with Crippen LogP contribution in [-0.2, 0) is 24.2 Å². The molecule has 2 aliphatic rings. The fraction of sp³-hybridized carbons (Fsp3) is 0.476. The zero-order valence-corrected chi connectivity index (χ0v) is 15.8. The first-order valence-electron chi connectivity index (χ1n) is 9.81. The standard InChI is InChI=1S/C21H26N4O2/c1-2-27-17-7-5-15(6-8-17)12-20(26)25-11-3-4-19(25)21-23-14-16-13-22-10-9-18(16)24-21/h5-8,14,19,22H,2-4,9-13H2,1H3/t19-/m0/s1. The molecule has 27 heavy (non-hydrogen) atoms. The average molecular weight is 366 g/mol. The van der Waals surface area contributed by atoms with E-state index >= 15 is 0 Å². The van der Waals surface area contributed by atoms with E-state index in [4.69, 9.17) is 9.72 Å². The van der Waals surface area contributed by atoms with Gasteiger partial charge in [-0.05, 0) is 37.5 Å². The molecule has 2 aliphatic heterocycles. The molecule has 0 bridgehead atoms. The number of carbonyl (C=O) groups excluding carboxylic acids is 1. The first-order chi connectivity index (χ1) is 13.2. The van der Waals surface area contributed by atoms with Crippen molar-refractivity contribution in [1.82, 2.24) is 20.2 Å². The monoisotopic (exact) mass is 366 g/mol. The molecule has 1 N–H and O–H groups in total. The summed E-state index contributed by atoms with van der Waals surface area (Å²) in [6.45, 7) is 5.17. The smallest absolute Gasteiger partial charge is 0.227 e. The van der Waals surface area contributed by atoms with Crippen LogP contribution in [0.25, 0.3) is 0 Å². The van der Waals surface area contributed by atoms with Crippen LogP contribution in [0.15, 0.2) is 30.5 Å². The summed E-state index contributed by atoms with van der Waals surface area (Å²) in [5, 5.41) is 3.34. The number of likely N-dealkylation sites (tertiary alicyclic amines) is 1. The number of hydrogen-bond acceptors (Lipinski definition) is 5. The molecule has 1 saturated heterocycles. The normalized spacial score (nSPS) is 19.0. The number of fused-ring (bicyclic) bond motifs is 1. The fourth-order valence-corrected chi connectivity index (χ4v) is 3.89. The van der Waals surface area contributed by atoms with Gasteiger partial charge in [0.05, 0.1) is 19.1 Å². The molecule has 6 nitrogen and oxygen atoms in total. The summed E-state index contributed by atoms with van der Waals surface area (Å²) in [6.07, 6.45) is 5.19. The Bertz CT molecular complexity index is 806. The van der Waals surface area contributed by atoms with E-state index in [0.717, 1.165) is 61.7 Å². The van der Waals surface area contributed by atoms with E-state index in [0.29, 0.717) is 13.0 Å². The number of nitrogens with zero attached hydrogens (tertiary/aromatic N) is 3. The minimum Gasteiger partial charge on any atom is -0.494 e. The number of benzene rings is 1. The number of rotatable bonds is 5. The van der Waals surface area contributed by atoms with Gasteiger partial charge in [0.15, 0.2) is 5.82 Å². The highest BCUT2D eigenvalue weighted by Crippen LogP contribution is 2.31. The van der Waals surface area contributed by atoms with Gasteiger partial charge < -0.3 is 15.0 Å². The second-order valence-electron chi connectivity index (χ2n) is 7.13. The van der Waals surface area contributed by atoms with E-state index in [1.807, 2.05) is 42.3 Å². The maximum atomic E-state index is 12.9. The minimum absolute atomic E-state index is 0.000355. The number of ether oxygens (including phenoxy) is 1. The summed E-state index contributed by atoms with van der Waals surface area (Å²) in [6, 6.07) is 7.79. The number of aromatic nitrogens is 2. The molecule has 1 amide bonds. The van der Waals surface area contributed by atoms with E-state index in [1.54, 1.807) is 0 Å². The quantitative estimate of drug-likeness (QED) is 0.880. The van der Waals surface area contributed by atoms with Crippen molar-refractivity contribution in [1.29, 1.82) is 0 Å². The molecule has 1 aromatic carbocycles. The Morgan fingerprint density at radius 1 is 1.33 bits per heavy atom. The first kappa shape index (κ1) is 17.9. The number of nitrogens with one attached hydrogen (secondary N) is 1. The topological polar surface area (TPSA) is 67.3 Å². The largest absolute Gasteiger partial charge is 0.494 e. The van der Waals surface area contributed by atoms with Crippen molar-refractivity contribution in [3.05, 3.63) is 53.1 Å². The van der Waals surface area contributed by atoms with Gasteiger partial charge in [0.1, 0.15) is 5.75 Å². The van der Waals surface area contributed by atoms with Crippen molar-refractivity contribution < 1.29 is 9.53 Å². The van der Waals surface area contributed by atoms with Crippen molar-refractivity contribution in [2.45, 2.75) is 45.2 Å². The van der Waals surface area contributed by atoms with E-state index in [9.17, 15) is 4.79 Å². The fourth-order valence-electron chi connectivity index (χ4n) is 3.89. The molecule has 4 rings (SSSR count). The Kier molecular flexibility index (Phi) is 5.34. The van der Waals surface area contributed by atoms with Crippen molar-refractivity contribution in [2.75, 3.05) is 19.7 Å². The highest BCUT2D eigenvalue weighted by Gasteiger charge is 2.32. The van der Waals surface area contributed by atoms with Crippen molar-refractivity contribution >= 4 is 5.91 Å². The van der Waals surface area contributed by atoms with E-state index in [2.05, 4.69) is 10.3 Å². The summed E-state index contributed by atoms with van der Waals surface area (Å²) in [5.74, 6) is 1.78. The molecule has 142 valence electrons. The van der Waals surface area contributed by atoms with Crippen LogP contribution in [0.1, 0.15) is 48.5 Å². The highest BCUT2D eigenvalue weighted by molar-refractivity contribution is 5.79. The summed E-state index contributed by atoms with van der Waals surface area (Å²) < 4.78 is 5.47. The van der Waals surface area contributed by atoms with Gasteiger partial charge in [0.25, 0.3) is 0 Å². The second-order valence-corrected chi connectivity index (χ2v) is 7.13. The number of hydrogen-bond donors (Lipinski definition) is 1. The van der Waals surface area contributed by atoms with Gasteiger partial charge in [-0.2, -0.15) is 0 Å². The Labute approximate surface area is 160 Å². The Morgan fingerprint density at radius 3 is 3.00 bits per heavy atom. The maximum Gasteiger partial charge on any atom is 0.227 e. The summed E-state index contributed by atoms with van der Waals surface area (Å²) in [7, 11) is 0. The van der Waals surface area contributed by atoms with Crippen LogP contribution in [0, 0.1) is 0 Å². The lowest BCUT2D eigenvalue weighted by Gasteiger charge is -2.25. The third-order valence-electron chi connectivity index (χ3n) is 5.29. The van der Waals surface area contributed by atoms with Crippen molar-refractivity contribution in [3.63, 3.8) is 0 Å². The van der Waals surface area contributed by atoms with Crippen molar-refractivity contribution in [2.24, 2.45) is 0 Å². The molecule has 0 spiro atoms. The Morgan fingerprint density at radius 2 is 2.19 bits per heavy atom. The molecular formula is C21H26N4O2. The van der Waals surface area contributed by atoms with E-state index < -0.39 is 0 Å². The summed E-state index contributed by atoms with van der Waals surface area (Å²) in [5.41, 5.74) is 3.31. The minimum atomic E-state index is 0.000355. The highest BCUT2D eigenvalue weighted by atomic mass is 16.5. The molecule has 0 aliphatic carbocycles. The van der Waals surface area contributed by atoms with Gasteiger partial charge in [-0.3, -0.25) is 4.79 Å². The lowest BCUT2D eigenvalue weighted by atomic mass is 10.1. The number of carbonyl (C=O) groups is 1. The van der Waals surface area contributed by atoms with Crippen LogP contribution in [0.4, 0.5) is 0 Å². The summed E-state index contributed by atoms with van der Waals surface area (Å²) >= 11 is 0. The van der Waals surface area contributed by atoms with Crippen LogP contribution in [0.2, 0.25) is 0 Å². The second kappa shape index (κ2) is 8.05. The molecule has 1 aromatic heterocycles. The maximum absolute atomic E-state index is 12.9. The average Bonchev–Trinajstić information content (AvgIpc) is 3.19. The SMILES string of the molecule is CCOc1ccc(CC(=O)N2CCC[C@H]2c2ncc3c(n2)CCNC3)cc1. The molecule has 0 unspecified atom stereocenters. The predicted molar refractivity (Wildman–Crippen MR) is 102 cm³/mol. The molecule has 2 aromatic rings. The van der Waals surface area contributed by atoms with Gasteiger partial charge in [-0.25, -0.2) is 9.97 Å². The molecule has 6 heteroatoms. The van der Waals surface area contributed by atoms with Crippen LogP contribution in [-0.4, -0.2) is 40.5 Å². The first-order valence-corrected chi connectivity index (χ1v) is 9.81. The van der Waals surface area contributed by atoms with Gasteiger partial charge in [-0.1, -0.05) is 12.1 Å². The van der Waals surface area contributed by atoms with Crippen LogP contribution < -0.4 is 10.1 Å². The van der Waals surface area contributed by atoms with E-state index in [1.165, 1.54) is 5.56 Å². The third kappa shape index (κ3) is 3.95. The van der Waals surface area contributed by atoms with Gasteiger partial charge in [0, 0.05) is 43.5 Å². The predicted octanol–water partition coefficient (Wildman–Crippen LogP) is 2.43. The Balaban J connectivity index is 1.46. The molecule has 3 heterocycles. The number of amides is 1. The molecular weight excluding hydrogens is 340 g/mol. The van der Waals surface area contributed by atoms with Gasteiger partial charge in [0.2, 0.25) is 5.91 Å². The lowest BCUT2D eigenvalue weighted by molar-refractivity contribution is -0.131. The molecule has 1 fully saturated rings. The van der Waals surface area contributed by atoms with E-state index in [-0.39, 0.29) is 11.9 Å². The third-order valence-corrected chi connectivity index (χ3v) is 5.29. The molecule has 0 saturated carbocycles. The Hall–Kier alpha value is -2.47. The molecule has 0 radical (unpaired) electrons. The van der Waals surface area contributed by atoms with Crippen LogP contribution in [0.3, 0.4) is 0 Å². The molecule has 1 atom stereocenters. The zero-order chi connectivity index (χ0) is 18.6. The zero-order valence-electron chi connectivity index (χ0n) is 15.8. The van der Waals surface area contributed by atoms with Crippen molar-refractivity contribution in [3.8, 4) is 5.75 Å². The lowest BCUT2D eigenvalue weighted by Crippen LogP contribution is -2.33. The summed E-state index contributed by atoms with van der Waals surface area (Å²) in [4.78, 5) is 24.3.